The molecule has 192 valence electrons. The summed E-state index contributed by atoms with van der Waals surface area (Å²) >= 11 is 6.05. The van der Waals surface area contributed by atoms with Crippen LogP contribution >= 0.6 is 11.6 Å². The van der Waals surface area contributed by atoms with Crippen molar-refractivity contribution >= 4 is 39.1 Å². The number of benzene rings is 2. The van der Waals surface area contributed by atoms with Gasteiger partial charge in [-0.1, -0.05) is 37.6 Å². The molecule has 35 heavy (non-hydrogen) atoms. The molecule has 0 aliphatic carbocycles. The summed E-state index contributed by atoms with van der Waals surface area (Å²) in [6.45, 7) is 5.63. The van der Waals surface area contributed by atoms with Crippen molar-refractivity contribution in [2.75, 3.05) is 30.8 Å². The van der Waals surface area contributed by atoms with Gasteiger partial charge in [-0.15, -0.1) is 0 Å². The van der Waals surface area contributed by atoms with Gasteiger partial charge >= 0.3 is 0 Å². The zero-order chi connectivity index (χ0) is 26.2. The van der Waals surface area contributed by atoms with Gasteiger partial charge in [-0.3, -0.25) is 13.9 Å². The summed E-state index contributed by atoms with van der Waals surface area (Å²) in [5.74, 6) is -0.154. The number of amides is 2. The molecule has 10 heteroatoms. The summed E-state index contributed by atoms with van der Waals surface area (Å²) in [6, 6.07) is 11.2. The van der Waals surface area contributed by atoms with Crippen molar-refractivity contribution in [3.8, 4) is 5.75 Å². The third-order valence-electron chi connectivity index (χ3n) is 5.53. The van der Waals surface area contributed by atoms with Crippen molar-refractivity contribution in [1.29, 1.82) is 0 Å². The molecule has 0 saturated carbocycles. The number of carbonyl (C=O) groups excluding carboxylic acids is 2. The van der Waals surface area contributed by atoms with Crippen molar-refractivity contribution in [3.05, 3.63) is 58.6 Å². The maximum absolute atomic E-state index is 13.7. The molecule has 0 fully saturated rings. The summed E-state index contributed by atoms with van der Waals surface area (Å²) in [7, 11) is -2.26. The van der Waals surface area contributed by atoms with E-state index in [1.165, 1.54) is 4.90 Å². The number of ether oxygens (including phenoxy) is 1. The number of anilines is 1. The SMILES string of the molecule is CCCNC(=O)[C@H](CC)N(Cc1cccc(OC)c1)C(=O)CN(c1ccc(Cl)cc1C)S(C)(=O)=O. The second-order valence-corrected chi connectivity index (χ2v) is 10.6. The first-order chi connectivity index (χ1) is 16.5. The summed E-state index contributed by atoms with van der Waals surface area (Å²) in [4.78, 5) is 28.1. The van der Waals surface area contributed by atoms with Crippen LogP contribution in [0.15, 0.2) is 42.5 Å². The predicted octanol–water partition coefficient (Wildman–Crippen LogP) is 3.76. The molecule has 0 saturated heterocycles. The fourth-order valence-corrected chi connectivity index (χ4v) is 4.88. The second-order valence-electron chi connectivity index (χ2n) is 8.29. The van der Waals surface area contributed by atoms with Crippen LogP contribution in [0.5, 0.6) is 5.75 Å². The average molecular weight is 524 g/mol. The van der Waals surface area contributed by atoms with Crippen LogP contribution in [-0.4, -0.2) is 57.6 Å². The maximum Gasteiger partial charge on any atom is 0.244 e. The number of methoxy groups -OCH3 is 1. The normalized spacial score (nSPS) is 12.1. The van der Waals surface area contributed by atoms with Crippen LogP contribution in [0.1, 0.15) is 37.8 Å². The Bertz CT molecular complexity index is 1140. The molecular formula is C25H34ClN3O5S. The minimum Gasteiger partial charge on any atom is -0.497 e. The fourth-order valence-electron chi connectivity index (χ4n) is 3.75. The summed E-state index contributed by atoms with van der Waals surface area (Å²) < 4.78 is 31.8. The van der Waals surface area contributed by atoms with E-state index in [-0.39, 0.29) is 12.5 Å². The highest BCUT2D eigenvalue weighted by Gasteiger charge is 2.32. The minimum atomic E-state index is -3.81. The molecule has 1 N–H and O–H groups in total. The van der Waals surface area contributed by atoms with Gasteiger partial charge in [0.1, 0.15) is 18.3 Å². The summed E-state index contributed by atoms with van der Waals surface area (Å²) in [5.41, 5.74) is 1.73. The van der Waals surface area contributed by atoms with Gasteiger partial charge in [-0.05, 0) is 61.2 Å². The quantitative estimate of drug-likeness (QED) is 0.457. The highest BCUT2D eigenvalue weighted by molar-refractivity contribution is 7.92. The number of halogens is 1. The van der Waals surface area contributed by atoms with E-state index in [9.17, 15) is 18.0 Å². The standard InChI is InChI=1S/C25H34ClN3O5S/c1-6-13-27-25(31)22(7-2)28(16-19-9-8-10-21(15-19)34-4)24(30)17-29(35(5,32)33)23-12-11-20(26)14-18(23)3/h8-12,14-15,22H,6-7,13,16-17H2,1-5H3,(H,27,31)/t22-/m0/s1. The lowest BCUT2D eigenvalue weighted by Gasteiger charge is -2.33. The highest BCUT2D eigenvalue weighted by Crippen LogP contribution is 2.26. The van der Waals surface area contributed by atoms with E-state index in [1.807, 2.05) is 19.9 Å². The second kappa shape index (κ2) is 12.8. The molecule has 0 aromatic heterocycles. The topological polar surface area (TPSA) is 96.0 Å². The van der Waals surface area contributed by atoms with Crippen molar-refractivity contribution < 1.29 is 22.7 Å². The Morgan fingerprint density at radius 2 is 1.86 bits per heavy atom. The number of carbonyl (C=O) groups is 2. The molecule has 2 rings (SSSR count). The van der Waals surface area contributed by atoms with Gasteiger partial charge in [0.15, 0.2) is 0 Å². The zero-order valence-corrected chi connectivity index (χ0v) is 22.4. The van der Waals surface area contributed by atoms with Crippen LogP contribution in [0.4, 0.5) is 5.69 Å². The van der Waals surface area contributed by atoms with Crippen LogP contribution in [0, 0.1) is 6.92 Å². The van der Waals surface area contributed by atoms with E-state index in [2.05, 4.69) is 5.32 Å². The Hall–Kier alpha value is -2.78. The predicted molar refractivity (Wildman–Crippen MR) is 139 cm³/mol. The van der Waals surface area contributed by atoms with Crippen LogP contribution < -0.4 is 14.4 Å². The number of aryl methyl sites for hydroxylation is 1. The lowest BCUT2D eigenvalue weighted by Crippen LogP contribution is -2.52. The van der Waals surface area contributed by atoms with Crippen LogP contribution in [0.2, 0.25) is 5.02 Å². The zero-order valence-electron chi connectivity index (χ0n) is 20.9. The molecule has 0 unspecified atom stereocenters. The maximum atomic E-state index is 13.7. The van der Waals surface area contributed by atoms with Crippen molar-refractivity contribution in [1.82, 2.24) is 10.2 Å². The van der Waals surface area contributed by atoms with Gasteiger partial charge in [-0.25, -0.2) is 8.42 Å². The minimum absolute atomic E-state index is 0.116. The first-order valence-corrected chi connectivity index (χ1v) is 13.7. The Morgan fingerprint density at radius 3 is 2.43 bits per heavy atom. The largest absolute Gasteiger partial charge is 0.497 e. The molecule has 0 spiro atoms. The van der Waals surface area contributed by atoms with E-state index in [1.54, 1.807) is 50.4 Å². The van der Waals surface area contributed by atoms with E-state index >= 15 is 0 Å². The molecule has 0 aliphatic rings. The highest BCUT2D eigenvalue weighted by atomic mass is 35.5. The first-order valence-electron chi connectivity index (χ1n) is 11.5. The van der Waals surface area contributed by atoms with Crippen molar-refractivity contribution in [3.63, 3.8) is 0 Å². The summed E-state index contributed by atoms with van der Waals surface area (Å²) in [5, 5.41) is 3.32. The number of nitrogens with one attached hydrogen (secondary N) is 1. The molecule has 8 nitrogen and oxygen atoms in total. The van der Waals surface area contributed by atoms with E-state index in [4.69, 9.17) is 16.3 Å². The van der Waals surface area contributed by atoms with E-state index in [0.717, 1.165) is 22.5 Å². The first kappa shape index (κ1) is 28.5. The Labute approximate surface area is 213 Å². The molecule has 0 aliphatic heterocycles. The van der Waals surface area contributed by atoms with Gasteiger partial charge in [0, 0.05) is 18.1 Å². The molecule has 2 aromatic rings. The molecule has 2 amide bonds. The number of rotatable bonds is 12. The Kier molecular flexibility index (Phi) is 10.4. The molecule has 1 atom stereocenters. The average Bonchev–Trinajstić information content (AvgIpc) is 2.80. The lowest BCUT2D eigenvalue weighted by atomic mass is 10.1. The Balaban J connectivity index is 2.47. The van der Waals surface area contributed by atoms with E-state index < -0.39 is 28.5 Å². The number of nitrogens with zero attached hydrogens (tertiary/aromatic N) is 2. The van der Waals surface area contributed by atoms with Gasteiger partial charge in [0.2, 0.25) is 21.8 Å². The molecule has 2 aromatic carbocycles. The fraction of sp³-hybridized carbons (Fsp3) is 0.440. The summed E-state index contributed by atoms with van der Waals surface area (Å²) in [6.07, 6.45) is 2.17. The van der Waals surface area contributed by atoms with Crippen LogP contribution in [0.25, 0.3) is 0 Å². The van der Waals surface area contributed by atoms with Crippen molar-refractivity contribution in [2.24, 2.45) is 0 Å². The van der Waals surface area contributed by atoms with Gasteiger partial charge in [-0.2, -0.15) is 0 Å². The molecule has 0 radical (unpaired) electrons. The van der Waals surface area contributed by atoms with Gasteiger partial charge < -0.3 is 15.0 Å². The van der Waals surface area contributed by atoms with Gasteiger partial charge in [0.05, 0.1) is 19.1 Å². The third-order valence-corrected chi connectivity index (χ3v) is 6.89. The third kappa shape index (κ3) is 7.86. The number of hydrogen-bond acceptors (Lipinski definition) is 5. The van der Waals surface area contributed by atoms with Crippen molar-refractivity contribution in [2.45, 2.75) is 46.2 Å². The Morgan fingerprint density at radius 1 is 1.14 bits per heavy atom. The number of sulfonamides is 1. The lowest BCUT2D eigenvalue weighted by molar-refractivity contribution is -0.140. The molecule has 0 bridgehead atoms. The monoisotopic (exact) mass is 523 g/mol. The van der Waals surface area contributed by atoms with E-state index in [0.29, 0.717) is 35.0 Å². The van der Waals surface area contributed by atoms with Crippen LogP contribution in [0.3, 0.4) is 0 Å². The molecule has 0 heterocycles. The number of hydrogen-bond donors (Lipinski definition) is 1. The van der Waals surface area contributed by atoms with Gasteiger partial charge in [0.25, 0.3) is 0 Å². The van der Waals surface area contributed by atoms with Crippen LogP contribution in [-0.2, 0) is 26.2 Å². The smallest absolute Gasteiger partial charge is 0.244 e. The molecular weight excluding hydrogens is 490 g/mol.